The summed E-state index contributed by atoms with van der Waals surface area (Å²) in [6.45, 7) is 17.5. The second kappa shape index (κ2) is 7.26. The number of hydrogen-bond donors (Lipinski definition) is 1. The number of aryl methyl sites for hydroxylation is 1. The Balaban J connectivity index is 1.89. The standard InChI is InChI=1S/C18H32N2S/c1-6-8-19-11-17-10-15(14(2)21-17)12-20-9-7-16(13-20)18(3,4)5/h10,16,19H,6-9,11-13H2,1-5H3. The SMILES string of the molecule is CCCNCc1cc(CN2CCC(C(C)(C)C)C2)c(C)s1. The second-order valence-corrected chi connectivity index (χ2v) is 8.90. The van der Waals surface area contributed by atoms with Crippen molar-refractivity contribution in [3.05, 3.63) is 21.4 Å². The molecular weight excluding hydrogens is 276 g/mol. The molecule has 1 aliphatic rings. The van der Waals surface area contributed by atoms with E-state index in [1.54, 1.807) is 5.56 Å². The third-order valence-electron chi connectivity index (χ3n) is 4.69. The van der Waals surface area contributed by atoms with Crippen molar-refractivity contribution in [3.8, 4) is 0 Å². The van der Waals surface area contributed by atoms with Gasteiger partial charge in [-0.2, -0.15) is 0 Å². The van der Waals surface area contributed by atoms with E-state index in [4.69, 9.17) is 0 Å². The number of likely N-dealkylation sites (tertiary alicyclic amines) is 1. The molecule has 3 heteroatoms. The van der Waals surface area contributed by atoms with Crippen LogP contribution in [0.25, 0.3) is 0 Å². The number of hydrogen-bond acceptors (Lipinski definition) is 3. The number of thiophene rings is 1. The van der Waals surface area contributed by atoms with Gasteiger partial charge in [0.2, 0.25) is 0 Å². The van der Waals surface area contributed by atoms with Crippen molar-refractivity contribution < 1.29 is 0 Å². The molecule has 1 saturated heterocycles. The maximum absolute atomic E-state index is 3.51. The highest BCUT2D eigenvalue weighted by atomic mass is 32.1. The first-order valence-electron chi connectivity index (χ1n) is 8.41. The first kappa shape index (κ1) is 17.0. The Labute approximate surface area is 134 Å². The molecular formula is C18H32N2S. The lowest BCUT2D eigenvalue weighted by molar-refractivity contribution is 0.226. The Hall–Kier alpha value is -0.380. The minimum Gasteiger partial charge on any atom is -0.312 e. The normalized spacial score (nSPS) is 20.3. The van der Waals surface area contributed by atoms with Crippen LogP contribution >= 0.6 is 11.3 Å². The first-order valence-corrected chi connectivity index (χ1v) is 9.23. The van der Waals surface area contributed by atoms with Crippen LogP contribution in [0, 0.1) is 18.3 Å². The second-order valence-electron chi connectivity index (χ2n) is 7.56. The Morgan fingerprint density at radius 1 is 1.38 bits per heavy atom. The molecule has 0 amide bonds. The molecule has 1 unspecified atom stereocenters. The molecule has 1 aromatic heterocycles. The maximum atomic E-state index is 3.51. The Kier molecular flexibility index (Phi) is 5.87. The van der Waals surface area contributed by atoms with Crippen LogP contribution in [-0.4, -0.2) is 24.5 Å². The van der Waals surface area contributed by atoms with Crippen LogP contribution in [-0.2, 0) is 13.1 Å². The number of rotatable bonds is 6. The molecule has 0 saturated carbocycles. The van der Waals surface area contributed by atoms with Crippen LogP contribution < -0.4 is 5.32 Å². The molecule has 0 aliphatic carbocycles. The van der Waals surface area contributed by atoms with Crippen molar-refractivity contribution in [3.63, 3.8) is 0 Å². The van der Waals surface area contributed by atoms with Gasteiger partial charge in [0.25, 0.3) is 0 Å². The summed E-state index contributed by atoms with van der Waals surface area (Å²) < 4.78 is 0. The quantitative estimate of drug-likeness (QED) is 0.782. The van der Waals surface area contributed by atoms with Gasteiger partial charge in [0.15, 0.2) is 0 Å². The third kappa shape index (κ3) is 4.80. The largest absolute Gasteiger partial charge is 0.312 e. The van der Waals surface area contributed by atoms with Crippen molar-refractivity contribution in [1.29, 1.82) is 0 Å². The molecule has 21 heavy (non-hydrogen) atoms. The molecule has 0 radical (unpaired) electrons. The van der Waals surface area contributed by atoms with Gasteiger partial charge in [-0.05, 0) is 55.8 Å². The molecule has 1 fully saturated rings. The fourth-order valence-corrected chi connectivity index (χ4v) is 4.17. The first-order chi connectivity index (χ1) is 9.90. The number of nitrogens with one attached hydrogen (secondary N) is 1. The lowest BCUT2D eigenvalue weighted by Crippen LogP contribution is -2.25. The van der Waals surface area contributed by atoms with E-state index in [0.717, 1.165) is 25.6 Å². The van der Waals surface area contributed by atoms with Gasteiger partial charge >= 0.3 is 0 Å². The Morgan fingerprint density at radius 3 is 2.76 bits per heavy atom. The lowest BCUT2D eigenvalue weighted by Gasteiger charge is -2.27. The molecule has 1 aromatic rings. The fraction of sp³-hybridized carbons (Fsp3) is 0.778. The smallest absolute Gasteiger partial charge is 0.0299 e. The van der Waals surface area contributed by atoms with Crippen LogP contribution in [0.5, 0.6) is 0 Å². The minimum absolute atomic E-state index is 0.452. The van der Waals surface area contributed by atoms with E-state index in [2.05, 4.69) is 50.9 Å². The summed E-state index contributed by atoms with van der Waals surface area (Å²) in [6, 6.07) is 2.42. The van der Waals surface area contributed by atoms with Crippen molar-refractivity contribution in [2.24, 2.45) is 11.3 Å². The van der Waals surface area contributed by atoms with E-state index in [9.17, 15) is 0 Å². The zero-order valence-electron chi connectivity index (χ0n) is 14.5. The average Bonchev–Trinajstić information content (AvgIpc) is 2.98. The molecule has 0 bridgehead atoms. The van der Waals surface area contributed by atoms with Gasteiger partial charge < -0.3 is 5.32 Å². The van der Waals surface area contributed by atoms with Gasteiger partial charge in [-0.15, -0.1) is 11.3 Å². The van der Waals surface area contributed by atoms with Crippen LogP contribution in [0.3, 0.4) is 0 Å². The molecule has 1 N–H and O–H groups in total. The summed E-state index contributed by atoms with van der Waals surface area (Å²) in [5.74, 6) is 0.849. The number of nitrogens with zero attached hydrogens (tertiary/aromatic N) is 1. The molecule has 0 spiro atoms. The lowest BCUT2D eigenvalue weighted by atomic mass is 9.80. The highest BCUT2D eigenvalue weighted by molar-refractivity contribution is 7.12. The fourth-order valence-electron chi connectivity index (χ4n) is 3.14. The van der Waals surface area contributed by atoms with E-state index < -0.39 is 0 Å². The average molecular weight is 309 g/mol. The summed E-state index contributed by atoms with van der Waals surface area (Å²) in [7, 11) is 0. The van der Waals surface area contributed by atoms with Gasteiger partial charge in [0.05, 0.1) is 0 Å². The molecule has 2 heterocycles. The van der Waals surface area contributed by atoms with Crippen LogP contribution in [0.2, 0.25) is 0 Å². The van der Waals surface area contributed by atoms with Gasteiger partial charge in [0.1, 0.15) is 0 Å². The van der Waals surface area contributed by atoms with E-state index >= 15 is 0 Å². The summed E-state index contributed by atoms with van der Waals surface area (Å²) in [6.07, 6.45) is 2.57. The molecule has 2 nitrogen and oxygen atoms in total. The third-order valence-corrected chi connectivity index (χ3v) is 5.78. The van der Waals surface area contributed by atoms with Gasteiger partial charge in [-0.25, -0.2) is 0 Å². The predicted octanol–water partition coefficient (Wildman–Crippen LogP) is 4.42. The maximum Gasteiger partial charge on any atom is 0.0299 e. The Morgan fingerprint density at radius 2 is 2.14 bits per heavy atom. The van der Waals surface area contributed by atoms with Crippen molar-refractivity contribution in [2.45, 2.75) is 60.5 Å². The van der Waals surface area contributed by atoms with Gasteiger partial charge in [-0.1, -0.05) is 27.7 Å². The minimum atomic E-state index is 0.452. The van der Waals surface area contributed by atoms with E-state index in [-0.39, 0.29) is 0 Å². The van der Waals surface area contributed by atoms with E-state index in [0.29, 0.717) is 5.41 Å². The van der Waals surface area contributed by atoms with Crippen molar-refractivity contribution >= 4 is 11.3 Å². The zero-order valence-corrected chi connectivity index (χ0v) is 15.3. The zero-order chi connectivity index (χ0) is 15.5. The molecule has 1 atom stereocenters. The highest BCUT2D eigenvalue weighted by Gasteiger charge is 2.31. The van der Waals surface area contributed by atoms with E-state index in [1.165, 1.54) is 35.7 Å². The summed E-state index contributed by atoms with van der Waals surface area (Å²) in [5.41, 5.74) is 2.00. The summed E-state index contributed by atoms with van der Waals surface area (Å²) in [5, 5.41) is 3.51. The molecule has 120 valence electrons. The molecule has 1 aliphatic heterocycles. The van der Waals surface area contributed by atoms with Crippen LogP contribution in [0.1, 0.15) is 55.9 Å². The predicted molar refractivity (Wildman–Crippen MR) is 93.9 cm³/mol. The topological polar surface area (TPSA) is 15.3 Å². The van der Waals surface area contributed by atoms with Crippen LogP contribution in [0.4, 0.5) is 0 Å². The van der Waals surface area contributed by atoms with Crippen molar-refractivity contribution in [2.75, 3.05) is 19.6 Å². The molecule has 0 aromatic carbocycles. The molecule has 2 rings (SSSR count). The van der Waals surface area contributed by atoms with Crippen molar-refractivity contribution in [1.82, 2.24) is 10.2 Å². The van der Waals surface area contributed by atoms with E-state index in [1.807, 2.05) is 11.3 Å². The van der Waals surface area contributed by atoms with Gasteiger partial charge in [0, 0.05) is 29.4 Å². The van der Waals surface area contributed by atoms with Crippen LogP contribution in [0.15, 0.2) is 6.07 Å². The van der Waals surface area contributed by atoms with Gasteiger partial charge in [-0.3, -0.25) is 4.90 Å². The summed E-state index contributed by atoms with van der Waals surface area (Å²) >= 11 is 1.97. The highest BCUT2D eigenvalue weighted by Crippen LogP contribution is 2.34. The Bertz CT molecular complexity index is 445. The monoisotopic (exact) mass is 308 g/mol. The summed E-state index contributed by atoms with van der Waals surface area (Å²) in [4.78, 5) is 5.64.